The van der Waals surface area contributed by atoms with E-state index in [4.69, 9.17) is 9.15 Å². The third-order valence-corrected chi connectivity index (χ3v) is 3.11. The number of fused-ring (bicyclic) bond motifs is 1. The van der Waals surface area contributed by atoms with Crippen LogP contribution in [0.25, 0.3) is 11.1 Å². The van der Waals surface area contributed by atoms with Crippen molar-refractivity contribution in [2.24, 2.45) is 7.05 Å². The maximum Gasteiger partial charge on any atom is 0.359 e. The van der Waals surface area contributed by atoms with Crippen LogP contribution in [0.1, 0.15) is 29.4 Å². The zero-order valence-corrected chi connectivity index (χ0v) is 12.0. The van der Waals surface area contributed by atoms with E-state index in [2.05, 4.69) is 10.1 Å². The molecule has 3 rings (SSSR count). The third-order valence-electron chi connectivity index (χ3n) is 3.11. The molecule has 1 aromatic carbocycles. The number of hydrogen-bond acceptors (Lipinski definition) is 6. The number of aromatic nitrogens is 3. The number of ether oxygens (including phenoxy) is 1. The van der Waals surface area contributed by atoms with E-state index >= 15 is 0 Å². The summed E-state index contributed by atoms with van der Waals surface area (Å²) in [5.41, 5.74) is 1.06. The molecule has 22 heavy (non-hydrogen) atoms. The highest BCUT2D eigenvalue weighted by atomic mass is 16.6. The molecule has 0 spiro atoms. The van der Waals surface area contributed by atoms with E-state index in [1.807, 2.05) is 18.2 Å². The second-order valence-corrected chi connectivity index (χ2v) is 4.75. The van der Waals surface area contributed by atoms with Gasteiger partial charge in [0.05, 0.1) is 0 Å². The van der Waals surface area contributed by atoms with E-state index in [0.717, 1.165) is 4.68 Å². The first-order valence-corrected chi connectivity index (χ1v) is 6.65. The molecule has 0 saturated heterocycles. The number of carbonyl (C=O) groups is 1. The summed E-state index contributed by atoms with van der Waals surface area (Å²) in [4.78, 5) is 27.6. The predicted molar refractivity (Wildman–Crippen MR) is 77.3 cm³/mol. The molecule has 0 aliphatic heterocycles. The Bertz CT molecular complexity index is 864. The maximum atomic E-state index is 12.0. The number of carbonyl (C=O) groups excluding carboxylic acids is 1. The van der Waals surface area contributed by atoms with Crippen molar-refractivity contribution in [1.82, 2.24) is 14.8 Å². The Labute approximate surface area is 125 Å². The number of nitrogens with zero attached hydrogens (tertiary/aromatic N) is 3. The van der Waals surface area contributed by atoms with Crippen LogP contribution in [0.2, 0.25) is 0 Å². The fraction of sp³-hybridized carbons (Fsp3) is 0.200. The SMILES string of the molecule is C[C@@H](OC(=O)c1ccc(=O)n(C)n1)c1nc2ccccc2o1. The summed E-state index contributed by atoms with van der Waals surface area (Å²) in [6, 6.07) is 9.86. The van der Waals surface area contributed by atoms with Crippen LogP contribution in [-0.4, -0.2) is 20.7 Å². The fourth-order valence-corrected chi connectivity index (χ4v) is 1.95. The first kappa shape index (κ1) is 14.0. The molecule has 1 atom stereocenters. The van der Waals surface area contributed by atoms with Gasteiger partial charge < -0.3 is 9.15 Å². The lowest BCUT2D eigenvalue weighted by Gasteiger charge is -2.09. The van der Waals surface area contributed by atoms with E-state index in [1.165, 1.54) is 19.2 Å². The summed E-state index contributed by atoms with van der Waals surface area (Å²) >= 11 is 0. The van der Waals surface area contributed by atoms with Crippen molar-refractivity contribution in [3.63, 3.8) is 0 Å². The molecule has 2 heterocycles. The lowest BCUT2D eigenvalue weighted by atomic mass is 10.3. The molecular formula is C15H13N3O4. The Morgan fingerprint density at radius 1 is 1.27 bits per heavy atom. The fourth-order valence-electron chi connectivity index (χ4n) is 1.95. The zero-order valence-electron chi connectivity index (χ0n) is 12.0. The van der Waals surface area contributed by atoms with Gasteiger partial charge in [0.1, 0.15) is 5.52 Å². The first-order chi connectivity index (χ1) is 10.5. The van der Waals surface area contributed by atoms with Gasteiger partial charge in [-0.1, -0.05) is 12.1 Å². The van der Waals surface area contributed by atoms with Crippen LogP contribution >= 0.6 is 0 Å². The van der Waals surface area contributed by atoms with Crippen LogP contribution < -0.4 is 5.56 Å². The Hall–Kier alpha value is -2.96. The van der Waals surface area contributed by atoms with Crippen LogP contribution in [-0.2, 0) is 11.8 Å². The van der Waals surface area contributed by atoms with E-state index < -0.39 is 12.1 Å². The van der Waals surface area contributed by atoms with Crippen molar-refractivity contribution >= 4 is 17.1 Å². The molecule has 112 valence electrons. The number of aryl methyl sites for hydroxylation is 1. The van der Waals surface area contributed by atoms with Crippen molar-refractivity contribution in [2.75, 3.05) is 0 Å². The second kappa shape index (κ2) is 5.44. The molecule has 7 nitrogen and oxygen atoms in total. The highest BCUT2D eigenvalue weighted by molar-refractivity contribution is 5.87. The summed E-state index contributed by atoms with van der Waals surface area (Å²) in [6.07, 6.45) is -0.668. The number of oxazole rings is 1. The molecule has 0 amide bonds. The molecule has 0 saturated carbocycles. The molecule has 0 fully saturated rings. The van der Waals surface area contributed by atoms with Gasteiger partial charge in [-0.05, 0) is 25.1 Å². The van der Waals surface area contributed by atoms with Crippen LogP contribution in [0.4, 0.5) is 0 Å². The number of benzene rings is 1. The van der Waals surface area contributed by atoms with Gasteiger partial charge in [-0.2, -0.15) is 5.10 Å². The smallest absolute Gasteiger partial charge is 0.359 e. The minimum absolute atomic E-state index is 0.0464. The van der Waals surface area contributed by atoms with E-state index in [1.54, 1.807) is 13.0 Å². The summed E-state index contributed by atoms with van der Waals surface area (Å²) in [5, 5.41) is 3.84. The molecule has 2 aromatic heterocycles. The second-order valence-electron chi connectivity index (χ2n) is 4.75. The van der Waals surface area contributed by atoms with Crippen molar-refractivity contribution in [2.45, 2.75) is 13.0 Å². The third kappa shape index (κ3) is 2.60. The lowest BCUT2D eigenvalue weighted by molar-refractivity contribution is 0.0273. The largest absolute Gasteiger partial charge is 0.448 e. The normalized spacial score (nSPS) is 12.3. The van der Waals surface area contributed by atoms with Gasteiger partial charge in [-0.3, -0.25) is 4.79 Å². The molecule has 0 aliphatic carbocycles. The van der Waals surface area contributed by atoms with Crippen molar-refractivity contribution in [3.05, 3.63) is 58.3 Å². The van der Waals surface area contributed by atoms with Gasteiger partial charge in [0.15, 0.2) is 17.4 Å². The van der Waals surface area contributed by atoms with Gasteiger partial charge in [0, 0.05) is 13.1 Å². The molecule has 7 heteroatoms. The van der Waals surface area contributed by atoms with E-state index in [-0.39, 0.29) is 11.3 Å². The summed E-state index contributed by atoms with van der Waals surface area (Å²) < 4.78 is 11.9. The zero-order chi connectivity index (χ0) is 15.7. The van der Waals surface area contributed by atoms with Gasteiger partial charge in [-0.25, -0.2) is 14.5 Å². The van der Waals surface area contributed by atoms with Gasteiger partial charge >= 0.3 is 5.97 Å². The lowest BCUT2D eigenvalue weighted by Crippen LogP contribution is -2.22. The monoisotopic (exact) mass is 299 g/mol. The predicted octanol–water partition coefficient (Wildman–Crippen LogP) is 1.84. The Balaban J connectivity index is 1.80. The Kier molecular flexibility index (Phi) is 3.46. The molecule has 0 bridgehead atoms. The average Bonchev–Trinajstić information content (AvgIpc) is 2.94. The van der Waals surface area contributed by atoms with E-state index in [9.17, 15) is 9.59 Å². The van der Waals surface area contributed by atoms with Crippen LogP contribution in [0.15, 0.2) is 45.6 Å². The number of para-hydroxylation sites is 2. The highest BCUT2D eigenvalue weighted by Gasteiger charge is 2.20. The van der Waals surface area contributed by atoms with Crippen molar-refractivity contribution in [3.8, 4) is 0 Å². The van der Waals surface area contributed by atoms with Crippen molar-refractivity contribution < 1.29 is 13.9 Å². The minimum atomic E-state index is -0.668. The maximum absolute atomic E-state index is 12.0. The summed E-state index contributed by atoms with van der Waals surface area (Å²) in [5.74, 6) is -0.343. The summed E-state index contributed by atoms with van der Waals surface area (Å²) in [7, 11) is 1.46. The Morgan fingerprint density at radius 3 is 2.77 bits per heavy atom. The van der Waals surface area contributed by atoms with E-state index in [0.29, 0.717) is 17.0 Å². The molecule has 0 aliphatic rings. The average molecular weight is 299 g/mol. The number of hydrogen-bond donors (Lipinski definition) is 0. The van der Waals surface area contributed by atoms with Crippen LogP contribution in [0, 0.1) is 0 Å². The molecule has 0 unspecified atom stereocenters. The van der Waals surface area contributed by atoms with Gasteiger partial charge in [0.25, 0.3) is 5.56 Å². The van der Waals surface area contributed by atoms with Crippen molar-refractivity contribution in [1.29, 1.82) is 0 Å². The van der Waals surface area contributed by atoms with Gasteiger partial charge in [0.2, 0.25) is 5.89 Å². The first-order valence-electron chi connectivity index (χ1n) is 6.65. The number of esters is 1. The van der Waals surface area contributed by atoms with Crippen LogP contribution in [0.5, 0.6) is 0 Å². The van der Waals surface area contributed by atoms with Gasteiger partial charge in [-0.15, -0.1) is 0 Å². The molecule has 3 aromatic rings. The molecule has 0 radical (unpaired) electrons. The van der Waals surface area contributed by atoms with Crippen LogP contribution in [0.3, 0.4) is 0 Å². The minimum Gasteiger partial charge on any atom is -0.448 e. The standard InChI is InChI=1S/C15H13N3O4/c1-9(14-16-10-5-3-4-6-12(10)22-14)21-15(20)11-7-8-13(19)18(2)17-11/h3-9H,1-2H3/t9-/m1/s1. The topological polar surface area (TPSA) is 87.2 Å². The quantitative estimate of drug-likeness (QED) is 0.686. The Morgan fingerprint density at radius 2 is 2.05 bits per heavy atom. The number of rotatable bonds is 3. The molecular weight excluding hydrogens is 286 g/mol. The summed E-state index contributed by atoms with van der Waals surface area (Å²) in [6.45, 7) is 1.66. The molecule has 0 N–H and O–H groups in total. The highest BCUT2D eigenvalue weighted by Crippen LogP contribution is 2.22.